The van der Waals surface area contributed by atoms with Crippen molar-refractivity contribution in [3.05, 3.63) is 23.8 Å². The summed E-state index contributed by atoms with van der Waals surface area (Å²) < 4.78 is 10.8. The molecule has 0 spiro atoms. The monoisotopic (exact) mass is 294 g/mol. The molecular weight excluding hydrogens is 268 g/mol. The van der Waals surface area contributed by atoms with Crippen LogP contribution in [0.4, 0.5) is 11.4 Å². The largest absolute Gasteiger partial charge is 0.398 e. The highest BCUT2D eigenvalue weighted by Gasteiger charge is 2.06. The van der Waals surface area contributed by atoms with Crippen LogP contribution in [0.2, 0.25) is 0 Å². The Bertz CT molecular complexity index is 447. The molecule has 0 aliphatic carbocycles. The van der Waals surface area contributed by atoms with Gasteiger partial charge in [0.2, 0.25) is 5.91 Å². The van der Waals surface area contributed by atoms with Gasteiger partial charge in [-0.1, -0.05) is 6.07 Å². The molecule has 0 aliphatic rings. The molecule has 0 saturated carbocycles. The van der Waals surface area contributed by atoms with E-state index in [0.717, 1.165) is 11.3 Å². The number of anilines is 2. The van der Waals surface area contributed by atoms with E-state index in [1.165, 1.54) is 0 Å². The van der Waals surface area contributed by atoms with Gasteiger partial charge in [0.05, 0.1) is 19.3 Å². The Morgan fingerprint density at radius 3 is 2.76 bits per heavy atom. The first-order valence-corrected chi connectivity index (χ1v) is 7.35. The van der Waals surface area contributed by atoms with Crippen LogP contribution in [-0.4, -0.2) is 31.8 Å². The lowest BCUT2D eigenvalue weighted by molar-refractivity contribution is -0.116. The number of ether oxygens (including phenoxy) is 2. The molecule has 0 unspecified atom stereocenters. The SMILES string of the molecule is Cc1c(N)cccc1NC(=O)CCCOCCOC(C)C. The van der Waals surface area contributed by atoms with E-state index >= 15 is 0 Å². The molecule has 0 aliphatic heterocycles. The molecule has 21 heavy (non-hydrogen) atoms. The number of carbonyl (C=O) groups excluding carboxylic acids is 1. The van der Waals surface area contributed by atoms with Crippen LogP contribution in [0.25, 0.3) is 0 Å². The van der Waals surface area contributed by atoms with Gasteiger partial charge in [0.25, 0.3) is 0 Å². The Balaban J connectivity index is 2.16. The molecule has 0 atom stereocenters. The van der Waals surface area contributed by atoms with Gasteiger partial charge in [-0.3, -0.25) is 4.79 Å². The fourth-order valence-corrected chi connectivity index (χ4v) is 1.78. The summed E-state index contributed by atoms with van der Waals surface area (Å²) in [6, 6.07) is 5.50. The van der Waals surface area contributed by atoms with Crippen molar-refractivity contribution in [2.75, 3.05) is 30.9 Å². The first-order valence-electron chi connectivity index (χ1n) is 7.35. The van der Waals surface area contributed by atoms with Crippen molar-refractivity contribution in [3.63, 3.8) is 0 Å². The molecule has 5 heteroatoms. The van der Waals surface area contributed by atoms with Gasteiger partial charge in [0, 0.05) is 24.4 Å². The third-order valence-electron chi connectivity index (χ3n) is 3.02. The second-order valence-electron chi connectivity index (χ2n) is 5.20. The number of carbonyl (C=O) groups is 1. The number of hydrogen-bond donors (Lipinski definition) is 2. The molecule has 0 heterocycles. The van der Waals surface area contributed by atoms with Crippen molar-refractivity contribution in [1.29, 1.82) is 0 Å². The summed E-state index contributed by atoms with van der Waals surface area (Å²) in [5, 5.41) is 2.87. The minimum absolute atomic E-state index is 0.0225. The maximum atomic E-state index is 11.8. The molecule has 1 amide bonds. The van der Waals surface area contributed by atoms with Crippen LogP contribution in [0.15, 0.2) is 18.2 Å². The van der Waals surface area contributed by atoms with Crippen molar-refractivity contribution in [3.8, 4) is 0 Å². The van der Waals surface area contributed by atoms with Crippen LogP contribution in [0, 0.1) is 6.92 Å². The molecule has 0 fully saturated rings. The normalized spacial score (nSPS) is 10.9. The molecule has 1 aromatic carbocycles. The molecule has 3 N–H and O–H groups in total. The molecule has 5 nitrogen and oxygen atoms in total. The van der Waals surface area contributed by atoms with Gasteiger partial charge in [-0.25, -0.2) is 0 Å². The highest BCUT2D eigenvalue weighted by Crippen LogP contribution is 2.20. The highest BCUT2D eigenvalue weighted by atomic mass is 16.5. The van der Waals surface area contributed by atoms with Crippen LogP contribution >= 0.6 is 0 Å². The smallest absolute Gasteiger partial charge is 0.224 e. The Kier molecular flexibility index (Phi) is 7.79. The molecule has 1 aromatic rings. The molecular formula is C16H26N2O3. The maximum Gasteiger partial charge on any atom is 0.224 e. The average molecular weight is 294 g/mol. The lowest BCUT2D eigenvalue weighted by atomic mass is 10.1. The summed E-state index contributed by atoms with van der Waals surface area (Å²) in [6.07, 6.45) is 1.34. The van der Waals surface area contributed by atoms with Crippen molar-refractivity contribution in [2.45, 2.75) is 39.7 Å². The Hall–Kier alpha value is -1.59. The maximum absolute atomic E-state index is 11.8. The van der Waals surface area contributed by atoms with Crippen molar-refractivity contribution >= 4 is 17.3 Å². The standard InChI is InChI=1S/C16H26N2O3/c1-12(2)21-11-10-20-9-5-8-16(19)18-15-7-4-6-14(17)13(15)3/h4,6-7,12H,5,8-11,17H2,1-3H3,(H,18,19). The predicted octanol–water partition coefficient (Wildman–Crippen LogP) is 2.74. The van der Waals surface area contributed by atoms with E-state index in [0.29, 0.717) is 38.3 Å². The van der Waals surface area contributed by atoms with Gasteiger partial charge in [-0.05, 0) is 44.9 Å². The van der Waals surface area contributed by atoms with Crippen molar-refractivity contribution < 1.29 is 14.3 Å². The number of benzene rings is 1. The van der Waals surface area contributed by atoms with Gasteiger partial charge in [-0.15, -0.1) is 0 Å². The first kappa shape index (κ1) is 17.5. The molecule has 1 rings (SSSR count). The Morgan fingerprint density at radius 1 is 1.29 bits per heavy atom. The number of amides is 1. The van der Waals surface area contributed by atoms with Crippen LogP contribution in [0.3, 0.4) is 0 Å². The van der Waals surface area contributed by atoms with E-state index in [4.69, 9.17) is 15.2 Å². The minimum atomic E-state index is -0.0225. The minimum Gasteiger partial charge on any atom is -0.398 e. The predicted molar refractivity (Wildman–Crippen MR) is 85.4 cm³/mol. The number of rotatable bonds is 9. The van der Waals surface area contributed by atoms with Gasteiger partial charge in [0.15, 0.2) is 0 Å². The van der Waals surface area contributed by atoms with Crippen LogP contribution < -0.4 is 11.1 Å². The summed E-state index contributed by atoms with van der Waals surface area (Å²) in [7, 11) is 0. The fraction of sp³-hybridized carbons (Fsp3) is 0.562. The van der Waals surface area contributed by atoms with E-state index in [1.807, 2.05) is 39.0 Å². The van der Waals surface area contributed by atoms with Crippen LogP contribution in [0.5, 0.6) is 0 Å². The highest BCUT2D eigenvalue weighted by molar-refractivity contribution is 5.92. The zero-order chi connectivity index (χ0) is 15.7. The topological polar surface area (TPSA) is 73.6 Å². The van der Waals surface area contributed by atoms with E-state index in [-0.39, 0.29) is 12.0 Å². The summed E-state index contributed by atoms with van der Waals surface area (Å²) in [6.45, 7) is 7.58. The van der Waals surface area contributed by atoms with Gasteiger partial charge >= 0.3 is 0 Å². The quantitative estimate of drug-likeness (QED) is 0.542. The molecule has 118 valence electrons. The summed E-state index contributed by atoms with van der Waals surface area (Å²) >= 11 is 0. The molecule has 0 saturated heterocycles. The lowest BCUT2D eigenvalue weighted by Gasteiger charge is -2.10. The lowest BCUT2D eigenvalue weighted by Crippen LogP contribution is -2.14. The summed E-state index contributed by atoms with van der Waals surface area (Å²) in [5.74, 6) is -0.0225. The Labute approximate surface area is 126 Å². The molecule has 0 aromatic heterocycles. The zero-order valence-electron chi connectivity index (χ0n) is 13.1. The zero-order valence-corrected chi connectivity index (χ0v) is 13.1. The molecule has 0 radical (unpaired) electrons. The number of hydrogen-bond acceptors (Lipinski definition) is 4. The average Bonchev–Trinajstić information content (AvgIpc) is 2.42. The van der Waals surface area contributed by atoms with Gasteiger partial charge < -0.3 is 20.5 Å². The van der Waals surface area contributed by atoms with E-state index in [9.17, 15) is 4.79 Å². The third-order valence-corrected chi connectivity index (χ3v) is 3.02. The number of nitrogen functional groups attached to an aromatic ring is 1. The second kappa shape index (κ2) is 9.37. The van der Waals surface area contributed by atoms with E-state index in [2.05, 4.69) is 5.32 Å². The summed E-state index contributed by atoms with van der Waals surface area (Å²) in [4.78, 5) is 11.8. The van der Waals surface area contributed by atoms with Crippen molar-refractivity contribution in [2.24, 2.45) is 0 Å². The fourth-order valence-electron chi connectivity index (χ4n) is 1.78. The van der Waals surface area contributed by atoms with Crippen LogP contribution in [0.1, 0.15) is 32.3 Å². The van der Waals surface area contributed by atoms with E-state index < -0.39 is 0 Å². The van der Waals surface area contributed by atoms with Gasteiger partial charge in [-0.2, -0.15) is 0 Å². The number of nitrogens with two attached hydrogens (primary N) is 1. The number of nitrogens with one attached hydrogen (secondary N) is 1. The van der Waals surface area contributed by atoms with E-state index in [1.54, 1.807) is 0 Å². The molecule has 0 bridgehead atoms. The van der Waals surface area contributed by atoms with Gasteiger partial charge in [0.1, 0.15) is 0 Å². The third kappa shape index (κ3) is 7.11. The Morgan fingerprint density at radius 2 is 2.05 bits per heavy atom. The summed E-state index contributed by atoms with van der Waals surface area (Å²) in [5.41, 5.74) is 8.15. The van der Waals surface area contributed by atoms with Crippen molar-refractivity contribution in [1.82, 2.24) is 0 Å². The first-order chi connectivity index (χ1) is 10.0. The van der Waals surface area contributed by atoms with Crippen LogP contribution in [-0.2, 0) is 14.3 Å². The second-order valence-corrected chi connectivity index (χ2v) is 5.20.